The number of nitrogens with zero attached hydrogens (tertiary/aromatic N) is 2. The molecule has 2 aromatic rings. The van der Waals surface area contributed by atoms with Crippen molar-refractivity contribution in [1.82, 2.24) is 9.78 Å². The van der Waals surface area contributed by atoms with Crippen molar-refractivity contribution in [2.45, 2.75) is 13.3 Å². The van der Waals surface area contributed by atoms with E-state index in [9.17, 15) is 9.59 Å². The average Bonchev–Trinajstić information content (AvgIpc) is 3.02. The van der Waals surface area contributed by atoms with Crippen molar-refractivity contribution in [3.63, 3.8) is 0 Å². The van der Waals surface area contributed by atoms with Gasteiger partial charge in [0.1, 0.15) is 29.0 Å². The third-order valence-electron chi connectivity index (χ3n) is 4.26. The lowest BCUT2D eigenvalue weighted by molar-refractivity contribution is -0.142. The summed E-state index contributed by atoms with van der Waals surface area (Å²) in [6.45, 7) is 1.95. The number of esters is 1. The Labute approximate surface area is 169 Å². The van der Waals surface area contributed by atoms with E-state index < -0.39 is 11.5 Å². The molecule has 0 aliphatic carbocycles. The van der Waals surface area contributed by atoms with Crippen LogP contribution in [0.15, 0.2) is 51.7 Å². The molecular formula is C20H14Cl2N2O4. The first-order valence-electron chi connectivity index (χ1n) is 8.54. The van der Waals surface area contributed by atoms with Crippen LogP contribution in [0.25, 0.3) is 27.9 Å². The van der Waals surface area contributed by atoms with E-state index in [0.717, 1.165) is 0 Å². The van der Waals surface area contributed by atoms with Crippen LogP contribution in [-0.2, 0) is 16.0 Å². The molecule has 0 fully saturated rings. The number of hydrogen-bond acceptors (Lipinski definition) is 5. The summed E-state index contributed by atoms with van der Waals surface area (Å²) in [5.74, 6) is -0.270. The highest BCUT2D eigenvalue weighted by atomic mass is 35.5. The van der Waals surface area contributed by atoms with Crippen LogP contribution < -0.4 is 5.56 Å². The fraction of sp³-hybridized carbons (Fsp3) is 0.150. The Balaban J connectivity index is 1.99. The average molecular weight is 417 g/mol. The molecule has 4 rings (SSSR count). The number of para-hydroxylation sites is 1. The predicted octanol–water partition coefficient (Wildman–Crippen LogP) is 4.50. The standard InChI is InChI=1S/C20H14Cl2N2O4/c1-2-27-17(25)10-16-18-19(12-5-3-4-6-15(12)28-16)23-24(20(18)26)11-7-8-13(21)14(22)9-11/h3-9H,2,10H2,1H3. The summed E-state index contributed by atoms with van der Waals surface area (Å²) in [5, 5.41) is 5.83. The summed E-state index contributed by atoms with van der Waals surface area (Å²) >= 11 is 12.1. The summed E-state index contributed by atoms with van der Waals surface area (Å²) in [6, 6.07) is 12.0. The molecule has 0 aromatic heterocycles. The minimum absolute atomic E-state index is 0.169. The first-order chi connectivity index (χ1) is 13.5. The SMILES string of the molecule is CCOC(=O)Cc1oc2ccccc2c2nn(-c3ccc(Cl)c(Cl)c3)c(=O)c1-2. The third-order valence-corrected chi connectivity index (χ3v) is 4.99. The van der Waals surface area contributed by atoms with Gasteiger partial charge in [-0.15, -0.1) is 0 Å². The topological polar surface area (TPSA) is 74.3 Å². The monoisotopic (exact) mass is 416 g/mol. The van der Waals surface area contributed by atoms with Crippen LogP contribution >= 0.6 is 23.2 Å². The molecule has 0 atom stereocenters. The summed E-state index contributed by atoms with van der Waals surface area (Å²) in [5.41, 5.74) is 1.24. The van der Waals surface area contributed by atoms with E-state index in [1.165, 1.54) is 4.68 Å². The Hall–Kier alpha value is -2.83. The van der Waals surface area contributed by atoms with E-state index in [4.69, 9.17) is 32.4 Å². The van der Waals surface area contributed by atoms with E-state index in [0.29, 0.717) is 32.4 Å². The maximum Gasteiger partial charge on any atom is 0.313 e. The second-order valence-corrected chi connectivity index (χ2v) is 6.86. The quantitative estimate of drug-likeness (QED) is 0.458. The summed E-state index contributed by atoms with van der Waals surface area (Å²) < 4.78 is 12.1. The van der Waals surface area contributed by atoms with Crippen LogP contribution in [0.2, 0.25) is 10.0 Å². The molecule has 2 aromatic carbocycles. The molecule has 6 nitrogen and oxygen atoms in total. The lowest BCUT2D eigenvalue weighted by atomic mass is 10.1. The third kappa shape index (κ3) is 3.15. The molecule has 28 heavy (non-hydrogen) atoms. The number of halogens is 2. The largest absolute Gasteiger partial charge is 0.466 e. The van der Waals surface area contributed by atoms with Crippen LogP contribution in [0.4, 0.5) is 0 Å². The molecule has 2 aliphatic heterocycles. The zero-order valence-electron chi connectivity index (χ0n) is 14.7. The molecule has 0 saturated carbocycles. The number of hydrogen-bond donors (Lipinski definition) is 0. The van der Waals surface area contributed by atoms with Gasteiger partial charge in [-0.1, -0.05) is 35.3 Å². The zero-order chi connectivity index (χ0) is 19.8. The first kappa shape index (κ1) is 18.5. The maximum atomic E-state index is 13.1. The van der Waals surface area contributed by atoms with Crippen molar-refractivity contribution >= 4 is 40.1 Å². The second-order valence-electron chi connectivity index (χ2n) is 6.04. The molecule has 0 amide bonds. The molecule has 0 saturated heterocycles. The summed E-state index contributed by atoms with van der Waals surface area (Å²) in [7, 11) is 0. The van der Waals surface area contributed by atoms with Crippen molar-refractivity contribution in [3.8, 4) is 16.9 Å². The van der Waals surface area contributed by atoms with Gasteiger partial charge in [0.25, 0.3) is 5.56 Å². The fourth-order valence-corrected chi connectivity index (χ4v) is 3.33. The highest BCUT2D eigenvalue weighted by Crippen LogP contribution is 2.32. The van der Waals surface area contributed by atoms with Gasteiger partial charge in [0.2, 0.25) is 0 Å². The number of ether oxygens (including phenoxy) is 1. The van der Waals surface area contributed by atoms with Gasteiger partial charge in [0, 0.05) is 5.39 Å². The number of carbonyl (C=O) groups is 1. The number of benzene rings is 2. The summed E-state index contributed by atoms with van der Waals surface area (Å²) in [4.78, 5) is 25.2. The maximum absolute atomic E-state index is 13.1. The van der Waals surface area contributed by atoms with Gasteiger partial charge >= 0.3 is 5.97 Å². The van der Waals surface area contributed by atoms with Crippen LogP contribution in [0, 0.1) is 0 Å². The Bertz CT molecular complexity index is 1230. The minimum atomic E-state index is -0.482. The fourth-order valence-electron chi connectivity index (χ4n) is 3.04. The van der Waals surface area contributed by atoms with Gasteiger partial charge in [-0.05, 0) is 37.3 Å². The Morgan fingerprint density at radius 3 is 2.71 bits per heavy atom. The van der Waals surface area contributed by atoms with Gasteiger partial charge in [0.15, 0.2) is 0 Å². The highest BCUT2D eigenvalue weighted by Gasteiger charge is 2.26. The van der Waals surface area contributed by atoms with E-state index >= 15 is 0 Å². The molecule has 0 radical (unpaired) electrons. The van der Waals surface area contributed by atoms with Gasteiger partial charge in [-0.25, -0.2) is 0 Å². The molecule has 2 aliphatic rings. The van der Waals surface area contributed by atoms with Crippen molar-refractivity contribution in [2.75, 3.05) is 6.61 Å². The Morgan fingerprint density at radius 1 is 1.18 bits per heavy atom. The number of aromatic nitrogens is 2. The van der Waals surface area contributed by atoms with E-state index in [-0.39, 0.29) is 24.4 Å². The molecule has 8 heteroatoms. The summed E-state index contributed by atoms with van der Waals surface area (Å²) in [6.07, 6.45) is -0.169. The van der Waals surface area contributed by atoms with Crippen LogP contribution in [0.3, 0.4) is 0 Å². The van der Waals surface area contributed by atoms with E-state index in [1.54, 1.807) is 43.3 Å². The lowest BCUT2D eigenvalue weighted by Gasteiger charge is -2.08. The van der Waals surface area contributed by atoms with Gasteiger partial charge in [-0.2, -0.15) is 9.78 Å². The molecule has 2 heterocycles. The Morgan fingerprint density at radius 2 is 1.96 bits per heavy atom. The first-order valence-corrected chi connectivity index (χ1v) is 9.29. The molecule has 0 N–H and O–H groups in total. The van der Waals surface area contributed by atoms with Gasteiger partial charge in [-0.3, -0.25) is 9.59 Å². The second kappa shape index (κ2) is 7.30. The van der Waals surface area contributed by atoms with Gasteiger partial charge in [0.05, 0.1) is 22.3 Å². The smallest absolute Gasteiger partial charge is 0.313 e. The van der Waals surface area contributed by atoms with Crippen LogP contribution in [0.5, 0.6) is 0 Å². The number of carbonyl (C=O) groups excluding carboxylic acids is 1. The van der Waals surface area contributed by atoms with E-state index in [1.807, 2.05) is 6.07 Å². The minimum Gasteiger partial charge on any atom is -0.466 e. The molecule has 0 unspecified atom stereocenters. The number of fused-ring (bicyclic) bond motifs is 3. The van der Waals surface area contributed by atoms with Crippen molar-refractivity contribution < 1.29 is 13.9 Å². The van der Waals surface area contributed by atoms with Gasteiger partial charge < -0.3 is 9.15 Å². The normalized spacial score (nSPS) is 11.2. The zero-order valence-corrected chi connectivity index (χ0v) is 16.3. The Kier molecular flexibility index (Phi) is 4.83. The van der Waals surface area contributed by atoms with Crippen LogP contribution in [0.1, 0.15) is 12.7 Å². The number of rotatable bonds is 4. The predicted molar refractivity (Wildman–Crippen MR) is 107 cm³/mol. The van der Waals surface area contributed by atoms with Crippen LogP contribution in [-0.4, -0.2) is 22.4 Å². The van der Waals surface area contributed by atoms with Crippen molar-refractivity contribution in [3.05, 3.63) is 68.6 Å². The molecule has 142 valence electrons. The van der Waals surface area contributed by atoms with E-state index in [2.05, 4.69) is 5.10 Å². The molecular weight excluding hydrogens is 403 g/mol. The van der Waals surface area contributed by atoms with Crippen molar-refractivity contribution in [1.29, 1.82) is 0 Å². The highest BCUT2D eigenvalue weighted by molar-refractivity contribution is 6.42. The molecule has 0 spiro atoms. The van der Waals surface area contributed by atoms with Crippen molar-refractivity contribution in [2.24, 2.45) is 0 Å². The lowest BCUT2D eigenvalue weighted by Crippen LogP contribution is -2.17. The molecule has 0 bridgehead atoms.